The van der Waals surface area contributed by atoms with E-state index >= 15 is 0 Å². The molecule has 0 aliphatic heterocycles. The first kappa shape index (κ1) is 64.0. The minimum atomic E-state index is -4.62. The van der Waals surface area contributed by atoms with Gasteiger partial charge >= 0.3 is 19.8 Å². The SMILES string of the molecule is CCCCCCCCCCCCCCCCCCCCCCCCCCC(=O)OC(COC(=O)CCCCCCCCCCCCCCCCCCCC)COP(=O)(O)OCC(O)CO. The molecule has 65 heavy (non-hydrogen) atoms. The minimum absolute atomic E-state index is 0.193. The van der Waals surface area contributed by atoms with Crippen LogP contribution in [-0.4, -0.2) is 65.7 Å². The van der Waals surface area contributed by atoms with Gasteiger partial charge in [0.1, 0.15) is 12.7 Å². The highest BCUT2D eigenvalue weighted by molar-refractivity contribution is 7.47. The largest absolute Gasteiger partial charge is 0.472 e. The van der Waals surface area contributed by atoms with Crippen LogP contribution < -0.4 is 0 Å². The van der Waals surface area contributed by atoms with Crippen molar-refractivity contribution < 1.29 is 47.8 Å². The molecule has 11 heteroatoms. The van der Waals surface area contributed by atoms with Crippen molar-refractivity contribution in [1.29, 1.82) is 0 Å². The predicted octanol–water partition coefficient (Wildman–Crippen LogP) is 16.1. The number of aliphatic hydroxyl groups is 2. The third-order valence-electron chi connectivity index (χ3n) is 12.8. The van der Waals surface area contributed by atoms with Crippen LogP contribution in [0.25, 0.3) is 0 Å². The van der Waals surface area contributed by atoms with Crippen molar-refractivity contribution in [2.75, 3.05) is 26.4 Å². The molecule has 0 aromatic heterocycles. The first-order chi connectivity index (χ1) is 31.7. The maximum atomic E-state index is 12.7. The molecule has 3 N–H and O–H groups in total. The van der Waals surface area contributed by atoms with E-state index in [4.69, 9.17) is 23.6 Å². The second-order valence-electron chi connectivity index (χ2n) is 19.3. The van der Waals surface area contributed by atoms with E-state index in [0.717, 1.165) is 32.1 Å². The Morgan fingerprint density at radius 3 is 0.954 bits per heavy atom. The zero-order chi connectivity index (χ0) is 47.6. The van der Waals surface area contributed by atoms with Gasteiger partial charge < -0.3 is 24.6 Å². The van der Waals surface area contributed by atoms with E-state index in [1.807, 2.05) is 0 Å². The summed E-state index contributed by atoms with van der Waals surface area (Å²) in [6.07, 6.45) is 52.2. The molecule has 3 unspecified atom stereocenters. The lowest BCUT2D eigenvalue weighted by molar-refractivity contribution is -0.161. The molecule has 0 aliphatic rings. The lowest BCUT2D eigenvalue weighted by Crippen LogP contribution is -2.29. The van der Waals surface area contributed by atoms with Crippen molar-refractivity contribution in [2.24, 2.45) is 0 Å². The fourth-order valence-electron chi connectivity index (χ4n) is 8.47. The van der Waals surface area contributed by atoms with Crippen LogP contribution >= 0.6 is 7.82 Å². The Morgan fingerprint density at radius 1 is 0.400 bits per heavy atom. The molecule has 3 atom stereocenters. The van der Waals surface area contributed by atoms with Gasteiger partial charge in [0, 0.05) is 12.8 Å². The van der Waals surface area contributed by atoms with E-state index in [9.17, 15) is 24.2 Å². The summed E-state index contributed by atoms with van der Waals surface area (Å²) in [6, 6.07) is 0. The Morgan fingerprint density at radius 2 is 0.662 bits per heavy atom. The van der Waals surface area contributed by atoms with Crippen molar-refractivity contribution in [1.82, 2.24) is 0 Å². The third kappa shape index (κ3) is 50.7. The number of ether oxygens (including phenoxy) is 2. The van der Waals surface area contributed by atoms with Crippen molar-refractivity contribution in [3.8, 4) is 0 Å². The number of aliphatic hydroxyl groups excluding tert-OH is 2. The molecule has 0 aromatic rings. The number of hydrogen-bond acceptors (Lipinski definition) is 9. The minimum Gasteiger partial charge on any atom is -0.462 e. The van der Waals surface area contributed by atoms with Gasteiger partial charge in [-0.2, -0.15) is 0 Å². The van der Waals surface area contributed by atoms with Gasteiger partial charge in [-0.05, 0) is 12.8 Å². The van der Waals surface area contributed by atoms with Gasteiger partial charge in [-0.25, -0.2) is 4.57 Å². The highest BCUT2D eigenvalue weighted by Crippen LogP contribution is 2.43. The van der Waals surface area contributed by atoms with E-state index in [1.165, 1.54) is 225 Å². The van der Waals surface area contributed by atoms with Crippen LogP contribution in [0.15, 0.2) is 0 Å². The van der Waals surface area contributed by atoms with Gasteiger partial charge in [0.05, 0.1) is 19.8 Å². The molecule has 0 heterocycles. The molecule has 0 saturated heterocycles. The van der Waals surface area contributed by atoms with E-state index in [-0.39, 0.29) is 19.4 Å². The number of hydrogen-bond donors (Lipinski definition) is 3. The van der Waals surface area contributed by atoms with Crippen molar-refractivity contribution in [3.63, 3.8) is 0 Å². The van der Waals surface area contributed by atoms with Crippen molar-refractivity contribution in [3.05, 3.63) is 0 Å². The van der Waals surface area contributed by atoms with Gasteiger partial charge in [-0.1, -0.05) is 271 Å². The number of phosphoric acid groups is 1. The summed E-state index contributed by atoms with van der Waals surface area (Å²) in [4.78, 5) is 35.2. The van der Waals surface area contributed by atoms with Gasteiger partial charge in [-0.3, -0.25) is 18.6 Å². The van der Waals surface area contributed by atoms with Crippen LogP contribution in [0.1, 0.15) is 296 Å². The standard InChI is InChI=1S/C54H107O10P/c1-3-5-7-9-11-13-15-17-19-21-23-24-25-26-27-28-30-32-34-36-38-40-42-44-46-54(58)64-52(50-63-65(59,60)62-48-51(56)47-55)49-61-53(57)45-43-41-39-37-35-33-31-29-22-20-18-16-14-12-10-8-6-4-2/h51-52,55-56H,3-50H2,1-2H3,(H,59,60). The van der Waals surface area contributed by atoms with Crippen LogP contribution in [0.4, 0.5) is 0 Å². The molecule has 0 bridgehead atoms. The summed E-state index contributed by atoms with van der Waals surface area (Å²) >= 11 is 0. The first-order valence-corrected chi connectivity index (χ1v) is 29.5. The van der Waals surface area contributed by atoms with Gasteiger partial charge in [0.15, 0.2) is 6.10 Å². The Balaban J connectivity index is 4.05. The summed E-state index contributed by atoms with van der Waals surface area (Å²) in [7, 11) is -4.62. The topological polar surface area (TPSA) is 149 Å². The summed E-state index contributed by atoms with van der Waals surface area (Å²) in [6.45, 7) is 2.47. The van der Waals surface area contributed by atoms with Crippen molar-refractivity contribution >= 4 is 19.8 Å². The highest BCUT2D eigenvalue weighted by Gasteiger charge is 2.27. The first-order valence-electron chi connectivity index (χ1n) is 28.0. The average molecular weight is 947 g/mol. The van der Waals surface area contributed by atoms with Gasteiger partial charge in [-0.15, -0.1) is 0 Å². The van der Waals surface area contributed by atoms with Crippen LogP contribution in [-0.2, 0) is 32.7 Å². The Bertz CT molecular complexity index is 1040. The number of unbranched alkanes of at least 4 members (excludes halogenated alkanes) is 40. The van der Waals surface area contributed by atoms with Crippen molar-refractivity contribution in [2.45, 2.75) is 309 Å². The number of esters is 2. The smallest absolute Gasteiger partial charge is 0.462 e. The fraction of sp³-hybridized carbons (Fsp3) is 0.963. The zero-order valence-corrected chi connectivity index (χ0v) is 43.6. The molecule has 0 saturated carbocycles. The van der Waals surface area contributed by atoms with E-state index < -0.39 is 51.8 Å². The van der Waals surface area contributed by atoms with E-state index in [0.29, 0.717) is 12.8 Å². The normalized spacial score (nSPS) is 13.5. The Kier molecular flexibility index (Phi) is 50.0. The van der Waals surface area contributed by atoms with E-state index in [1.54, 1.807) is 0 Å². The second kappa shape index (κ2) is 50.8. The molecule has 0 spiro atoms. The molecular formula is C54H107O10P. The van der Waals surface area contributed by atoms with Crippen LogP contribution in [0.5, 0.6) is 0 Å². The number of carbonyl (C=O) groups excluding carboxylic acids is 2. The quantitative estimate of drug-likeness (QED) is 0.0306. The molecule has 0 radical (unpaired) electrons. The number of carbonyl (C=O) groups is 2. The number of rotatable bonds is 54. The summed E-state index contributed by atoms with van der Waals surface area (Å²) < 4.78 is 33.0. The number of phosphoric ester groups is 1. The molecule has 10 nitrogen and oxygen atoms in total. The maximum Gasteiger partial charge on any atom is 0.472 e. The molecule has 0 aliphatic carbocycles. The summed E-state index contributed by atoms with van der Waals surface area (Å²) in [5.74, 6) is -0.900. The lowest BCUT2D eigenvalue weighted by Gasteiger charge is -2.20. The van der Waals surface area contributed by atoms with Crippen LogP contribution in [0.2, 0.25) is 0 Å². The molecule has 0 amide bonds. The summed E-state index contributed by atoms with van der Waals surface area (Å²) in [5, 5.41) is 18.4. The molecule has 388 valence electrons. The monoisotopic (exact) mass is 947 g/mol. The molecule has 0 rings (SSSR count). The zero-order valence-electron chi connectivity index (χ0n) is 42.7. The predicted molar refractivity (Wildman–Crippen MR) is 270 cm³/mol. The highest BCUT2D eigenvalue weighted by atomic mass is 31.2. The van der Waals surface area contributed by atoms with Gasteiger partial charge in [0.2, 0.25) is 0 Å². The molecule has 0 fully saturated rings. The van der Waals surface area contributed by atoms with E-state index in [2.05, 4.69) is 13.8 Å². The fourth-order valence-corrected chi connectivity index (χ4v) is 9.26. The third-order valence-corrected chi connectivity index (χ3v) is 13.7. The Hall–Kier alpha value is -1.03. The summed E-state index contributed by atoms with van der Waals surface area (Å²) in [5.41, 5.74) is 0. The second-order valence-corrected chi connectivity index (χ2v) is 20.8. The molecular weight excluding hydrogens is 840 g/mol. The maximum absolute atomic E-state index is 12.7. The lowest BCUT2D eigenvalue weighted by atomic mass is 10.0. The molecule has 0 aromatic carbocycles. The average Bonchev–Trinajstić information content (AvgIpc) is 3.30. The van der Waals surface area contributed by atoms with Crippen LogP contribution in [0, 0.1) is 0 Å². The Labute approximate surface area is 401 Å². The van der Waals surface area contributed by atoms with Gasteiger partial charge in [0.25, 0.3) is 0 Å². The van der Waals surface area contributed by atoms with Crippen LogP contribution in [0.3, 0.4) is 0 Å².